The molecular formula is C12H13Br2FN2O3S. The number of rotatable bonds is 3. The van der Waals surface area contributed by atoms with Crippen molar-refractivity contribution in [3.8, 4) is 0 Å². The first-order valence-corrected chi connectivity index (χ1v) is 9.20. The Bertz CT molecular complexity index is 658. The average molecular weight is 444 g/mol. The molecule has 1 atom stereocenters. The summed E-state index contributed by atoms with van der Waals surface area (Å²) in [5, 5.41) is 0. The number of sulfonamides is 1. The standard InChI is InChI=1S/C12H13Br2FN2O3S/c13-9-4-8(15)5-10(14)11(9)21(19,20)17-3-1-2-7(6-17)12(16)18/h4-5,7H,1-3,6H2,(H2,16,18). The average Bonchev–Trinajstić information content (AvgIpc) is 2.37. The van der Waals surface area contributed by atoms with E-state index >= 15 is 0 Å². The lowest BCUT2D eigenvalue weighted by atomic mass is 9.99. The van der Waals surface area contributed by atoms with Crippen molar-refractivity contribution < 1.29 is 17.6 Å². The number of nitrogens with zero attached hydrogens (tertiary/aromatic N) is 1. The number of piperidine rings is 1. The van der Waals surface area contributed by atoms with E-state index in [0.29, 0.717) is 19.4 Å². The van der Waals surface area contributed by atoms with Gasteiger partial charge in [-0.25, -0.2) is 12.8 Å². The van der Waals surface area contributed by atoms with Crippen LogP contribution in [0.3, 0.4) is 0 Å². The summed E-state index contributed by atoms with van der Waals surface area (Å²) in [6.07, 6.45) is 1.14. The van der Waals surface area contributed by atoms with E-state index in [0.717, 1.165) is 12.1 Å². The summed E-state index contributed by atoms with van der Waals surface area (Å²) in [6.45, 7) is 0.357. The normalized spacial score (nSPS) is 20.4. The van der Waals surface area contributed by atoms with E-state index in [4.69, 9.17) is 5.73 Å². The number of hydrogen-bond acceptors (Lipinski definition) is 3. The molecule has 21 heavy (non-hydrogen) atoms. The molecule has 0 radical (unpaired) electrons. The van der Waals surface area contributed by atoms with Gasteiger partial charge in [-0.2, -0.15) is 4.31 Å². The van der Waals surface area contributed by atoms with Gasteiger partial charge in [0.05, 0.1) is 5.92 Å². The molecule has 0 aromatic heterocycles. The first kappa shape index (κ1) is 16.9. The smallest absolute Gasteiger partial charge is 0.245 e. The summed E-state index contributed by atoms with van der Waals surface area (Å²) in [7, 11) is -3.84. The van der Waals surface area contributed by atoms with Gasteiger partial charge in [-0.05, 0) is 56.8 Å². The maximum absolute atomic E-state index is 13.3. The number of hydrogen-bond donors (Lipinski definition) is 1. The Kier molecular flexibility index (Phi) is 5.07. The van der Waals surface area contributed by atoms with E-state index < -0.39 is 27.7 Å². The first-order valence-electron chi connectivity index (χ1n) is 6.17. The molecule has 116 valence electrons. The highest BCUT2D eigenvalue weighted by atomic mass is 79.9. The van der Waals surface area contributed by atoms with Gasteiger partial charge >= 0.3 is 0 Å². The molecule has 1 aromatic carbocycles. The van der Waals surface area contributed by atoms with E-state index in [-0.39, 0.29) is 20.4 Å². The van der Waals surface area contributed by atoms with Crippen molar-refractivity contribution in [2.45, 2.75) is 17.7 Å². The maximum atomic E-state index is 13.3. The molecule has 0 saturated carbocycles. The zero-order valence-corrected chi connectivity index (χ0v) is 14.8. The number of amides is 1. The van der Waals surface area contributed by atoms with Crippen LogP contribution in [0.15, 0.2) is 26.0 Å². The largest absolute Gasteiger partial charge is 0.369 e. The van der Waals surface area contributed by atoms with Crippen LogP contribution >= 0.6 is 31.9 Å². The van der Waals surface area contributed by atoms with Crippen LogP contribution in [0.4, 0.5) is 4.39 Å². The van der Waals surface area contributed by atoms with Gasteiger partial charge in [-0.1, -0.05) is 0 Å². The van der Waals surface area contributed by atoms with E-state index in [9.17, 15) is 17.6 Å². The van der Waals surface area contributed by atoms with Gasteiger partial charge in [-0.3, -0.25) is 4.79 Å². The van der Waals surface area contributed by atoms with E-state index in [1.807, 2.05) is 0 Å². The Balaban J connectivity index is 2.41. The topological polar surface area (TPSA) is 80.5 Å². The van der Waals surface area contributed by atoms with Crippen LogP contribution < -0.4 is 5.73 Å². The fraction of sp³-hybridized carbons (Fsp3) is 0.417. The second kappa shape index (κ2) is 6.31. The molecule has 1 aliphatic rings. The van der Waals surface area contributed by atoms with Crippen molar-refractivity contribution in [2.24, 2.45) is 11.7 Å². The number of carbonyl (C=O) groups excluding carboxylic acids is 1. The highest BCUT2D eigenvalue weighted by Crippen LogP contribution is 2.34. The third kappa shape index (κ3) is 3.46. The summed E-state index contributed by atoms with van der Waals surface area (Å²) < 4.78 is 40.2. The van der Waals surface area contributed by atoms with Crippen molar-refractivity contribution in [3.05, 3.63) is 26.9 Å². The van der Waals surface area contributed by atoms with Gasteiger partial charge in [0.2, 0.25) is 15.9 Å². The third-order valence-corrected chi connectivity index (χ3v) is 7.09. The molecule has 2 rings (SSSR count). The molecule has 2 N–H and O–H groups in total. The minimum Gasteiger partial charge on any atom is -0.369 e. The van der Waals surface area contributed by atoms with Gasteiger partial charge in [-0.15, -0.1) is 0 Å². The molecule has 0 spiro atoms. The maximum Gasteiger partial charge on any atom is 0.245 e. The fourth-order valence-electron chi connectivity index (χ4n) is 2.30. The zero-order chi connectivity index (χ0) is 15.8. The van der Waals surface area contributed by atoms with Crippen LogP contribution in [0.5, 0.6) is 0 Å². The quantitative estimate of drug-likeness (QED) is 0.777. The van der Waals surface area contributed by atoms with Crippen molar-refractivity contribution in [2.75, 3.05) is 13.1 Å². The number of nitrogens with two attached hydrogens (primary N) is 1. The second-order valence-electron chi connectivity index (χ2n) is 4.80. The van der Waals surface area contributed by atoms with Crippen LogP contribution in [-0.2, 0) is 14.8 Å². The number of benzene rings is 1. The van der Waals surface area contributed by atoms with Gasteiger partial charge < -0.3 is 5.73 Å². The molecule has 1 aliphatic heterocycles. The van der Waals surface area contributed by atoms with Gasteiger partial charge in [0.15, 0.2) is 0 Å². The predicted octanol–water partition coefficient (Wildman–Crippen LogP) is 2.24. The fourth-order valence-corrected chi connectivity index (χ4v) is 6.27. The van der Waals surface area contributed by atoms with Crippen molar-refractivity contribution in [3.63, 3.8) is 0 Å². The molecule has 1 saturated heterocycles. The highest BCUT2D eigenvalue weighted by Gasteiger charge is 2.34. The summed E-state index contributed by atoms with van der Waals surface area (Å²) in [6, 6.07) is 2.18. The Morgan fingerprint density at radius 3 is 2.43 bits per heavy atom. The zero-order valence-electron chi connectivity index (χ0n) is 10.9. The lowest BCUT2D eigenvalue weighted by Gasteiger charge is -2.30. The van der Waals surface area contributed by atoms with Crippen LogP contribution in [0, 0.1) is 11.7 Å². The molecular weight excluding hydrogens is 431 g/mol. The summed E-state index contributed by atoms with van der Waals surface area (Å²) in [5.74, 6) is -1.56. The van der Waals surface area contributed by atoms with Crippen molar-refractivity contribution >= 4 is 47.8 Å². The lowest BCUT2D eigenvalue weighted by Crippen LogP contribution is -2.44. The summed E-state index contributed by atoms with van der Waals surface area (Å²) in [5.41, 5.74) is 5.26. The molecule has 1 aromatic rings. The Labute approximate surface area is 139 Å². The number of carbonyl (C=O) groups is 1. The van der Waals surface area contributed by atoms with Crippen molar-refractivity contribution in [1.82, 2.24) is 4.31 Å². The van der Waals surface area contributed by atoms with Gasteiger partial charge in [0.1, 0.15) is 10.7 Å². The Morgan fingerprint density at radius 2 is 1.90 bits per heavy atom. The molecule has 0 bridgehead atoms. The third-order valence-electron chi connectivity index (χ3n) is 3.35. The highest BCUT2D eigenvalue weighted by molar-refractivity contribution is 9.11. The summed E-state index contributed by atoms with van der Waals surface area (Å²) in [4.78, 5) is 11.2. The molecule has 5 nitrogen and oxygen atoms in total. The number of halogens is 3. The predicted molar refractivity (Wildman–Crippen MR) is 82.5 cm³/mol. The number of primary amides is 1. The molecule has 1 amide bonds. The van der Waals surface area contributed by atoms with E-state index in [1.165, 1.54) is 4.31 Å². The second-order valence-corrected chi connectivity index (χ2v) is 8.39. The monoisotopic (exact) mass is 442 g/mol. The first-order chi connectivity index (χ1) is 9.73. The van der Waals surface area contributed by atoms with Crippen LogP contribution in [0.1, 0.15) is 12.8 Å². The molecule has 1 fully saturated rings. The van der Waals surface area contributed by atoms with Crippen LogP contribution in [-0.4, -0.2) is 31.7 Å². The van der Waals surface area contributed by atoms with Gasteiger partial charge in [0.25, 0.3) is 0 Å². The lowest BCUT2D eigenvalue weighted by molar-refractivity contribution is -0.122. The minimum atomic E-state index is -3.84. The SMILES string of the molecule is NC(=O)C1CCCN(S(=O)(=O)c2c(Br)cc(F)cc2Br)C1. The Hall–Kier alpha value is -0.510. The van der Waals surface area contributed by atoms with E-state index in [1.54, 1.807) is 0 Å². The molecule has 1 heterocycles. The molecule has 9 heteroatoms. The van der Waals surface area contributed by atoms with Crippen molar-refractivity contribution in [1.29, 1.82) is 0 Å². The van der Waals surface area contributed by atoms with E-state index in [2.05, 4.69) is 31.9 Å². The summed E-state index contributed by atoms with van der Waals surface area (Å²) >= 11 is 6.15. The van der Waals surface area contributed by atoms with Crippen LogP contribution in [0.25, 0.3) is 0 Å². The molecule has 1 unspecified atom stereocenters. The molecule has 0 aliphatic carbocycles. The minimum absolute atomic E-state index is 0.0472. The Morgan fingerprint density at radius 1 is 1.33 bits per heavy atom. The van der Waals surface area contributed by atoms with Crippen LogP contribution in [0.2, 0.25) is 0 Å². The van der Waals surface area contributed by atoms with Gasteiger partial charge in [0, 0.05) is 22.0 Å².